The number of likely N-dealkylation sites (tertiary alicyclic amines) is 1. The van der Waals surface area contributed by atoms with Crippen LogP contribution in [0.3, 0.4) is 0 Å². The number of allylic oxidation sites excluding steroid dienone is 2. The molecule has 0 radical (unpaired) electrons. The highest BCUT2D eigenvalue weighted by atomic mass is 35.5. The van der Waals surface area contributed by atoms with Gasteiger partial charge in [-0.05, 0) is 42.4 Å². The Morgan fingerprint density at radius 3 is 2.88 bits per heavy atom. The van der Waals surface area contributed by atoms with Gasteiger partial charge in [0.15, 0.2) is 0 Å². The van der Waals surface area contributed by atoms with Crippen LogP contribution in [0.25, 0.3) is 5.03 Å². The maximum absolute atomic E-state index is 12.4. The van der Waals surface area contributed by atoms with Crippen LogP contribution in [0.15, 0.2) is 42.0 Å². The Kier molecular flexibility index (Phi) is 5.05. The van der Waals surface area contributed by atoms with Crippen LogP contribution in [0, 0.1) is 0 Å². The van der Waals surface area contributed by atoms with Crippen LogP contribution in [0.5, 0.6) is 0 Å². The normalized spacial score (nSPS) is 20.4. The van der Waals surface area contributed by atoms with Gasteiger partial charge < -0.3 is 9.64 Å². The van der Waals surface area contributed by atoms with E-state index in [9.17, 15) is 9.59 Å². The number of ether oxygens (including phenoxy) is 1. The molecule has 5 heteroatoms. The van der Waals surface area contributed by atoms with E-state index in [1.807, 2.05) is 18.2 Å². The van der Waals surface area contributed by atoms with Crippen molar-refractivity contribution in [3.63, 3.8) is 0 Å². The van der Waals surface area contributed by atoms with Gasteiger partial charge in [-0.15, -0.1) is 0 Å². The van der Waals surface area contributed by atoms with Gasteiger partial charge >= 0.3 is 5.97 Å². The van der Waals surface area contributed by atoms with E-state index < -0.39 is 6.04 Å². The summed E-state index contributed by atoms with van der Waals surface area (Å²) in [6, 6.07) is 7.58. The Labute approximate surface area is 146 Å². The van der Waals surface area contributed by atoms with Crippen LogP contribution in [0.2, 0.25) is 0 Å². The number of amides is 1. The smallest absolute Gasteiger partial charge is 0.328 e. The zero-order valence-corrected chi connectivity index (χ0v) is 14.4. The lowest BCUT2D eigenvalue weighted by atomic mass is 9.92. The molecule has 4 nitrogen and oxygen atoms in total. The summed E-state index contributed by atoms with van der Waals surface area (Å²) in [6.45, 7) is 0.582. The molecule has 0 spiro atoms. The van der Waals surface area contributed by atoms with Gasteiger partial charge in [0, 0.05) is 12.6 Å². The summed E-state index contributed by atoms with van der Waals surface area (Å²) in [4.78, 5) is 25.8. The van der Waals surface area contributed by atoms with Crippen LogP contribution in [-0.4, -0.2) is 36.5 Å². The average molecular weight is 346 g/mol. The molecule has 2 aliphatic rings. The van der Waals surface area contributed by atoms with Gasteiger partial charge in [0.1, 0.15) is 6.04 Å². The second kappa shape index (κ2) is 7.22. The summed E-state index contributed by atoms with van der Waals surface area (Å²) in [6.07, 6.45) is 6.49. The number of methoxy groups -OCH3 is 1. The molecular formula is C19H20ClNO3. The fourth-order valence-electron chi connectivity index (χ4n) is 3.34. The van der Waals surface area contributed by atoms with Crippen molar-refractivity contribution < 1.29 is 14.3 Å². The fourth-order valence-corrected chi connectivity index (χ4v) is 3.68. The molecule has 0 bridgehead atoms. The average Bonchev–Trinajstić information content (AvgIpc) is 3.10. The van der Waals surface area contributed by atoms with Crippen LogP contribution in [0.1, 0.15) is 30.4 Å². The Hall–Kier alpha value is -2.07. The number of hydrogen-bond donors (Lipinski definition) is 0. The number of halogens is 1. The molecule has 1 atom stereocenters. The van der Waals surface area contributed by atoms with Gasteiger partial charge in [0.05, 0.1) is 12.1 Å². The number of carbonyl (C=O) groups excluding carboxylic acids is 2. The molecule has 1 aromatic carbocycles. The first-order valence-electron chi connectivity index (χ1n) is 8.15. The minimum Gasteiger partial charge on any atom is -0.467 e. The van der Waals surface area contributed by atoms with Gasteiger partial charge in [-0.1, -0.05) is 41.9 Å². The molecule has 1 heterocycles. The number of carbonyl (C=O) groups is 2. The topological polar surface area (TPSA) is 46.6 Å². The highest BCUT2D eigenvalue weighted by molar-refractivity contribution is 6.49. The molecule has 3 rings (SSSR count). The Balaban J connectivity index is 1.76. The van der Waals surface area contributed by atoms with E-state index >= 15 is 0 Å². The fraction of sp³-hybridized carbons (Fsp3) is 0.368. The van der Waals surface area contributed by atoms with Crippen molar-refractivity contribution in [2.24, 2.45) is 0 Å². The predicted octanol–water partition coefficient (Wildman–Crippen LogP) is 3.30. The zero-order valence-electron chi connectivity index (χ0n) is 13.6. The van der Waals surface area contributed by atoms with Gasteiger partial charge in [-0.2, -0.15) is 0 Å². The summed E-state index contributed by atoms with van der Waals surface area (Å²) < 4.78 is 4.78. The van der Waals surface area contributed by atoms with Crippen LogP contribution in [-0.2, 0) is 20.7 Å². The van der Waals surface area contributed by atoms with E-state index in [0.717, 1.165) is 30.4 Å². The van der Waals surface area contributed by atoms with Gasteiger partial charge in [-0.25, -0.2) is 4.79 Å². The van der Waals surface area contributed by atoms with E-state index in [0.29, 0.717) is 18.0 Å². The van der Waals surface area contributed by atoms with Crippen molar-refractivity contribution in [1.29, 1.82) is 0 Å². The van der Waals surface area contributed by atoms with E-state index in [1.54, 1.807) is 11.0 Å². The lowest BCUT2D eigenvalue weighted by Gasteiger charge is -2.21. The minimum absolute atomic E-state index is 0.168. The highest BCUT2D eigenvalue weighted by Gasteiger charge is 2.33. The minimum atomic E-state index is -0.469. The summed E-state index contributed by atoms with van der Waals surface area (Å²) >= 11 is 6.49. The third-order valence-electron chi connectivity index (χ3n) is 4.64. The van der Waals surface area contributed by atoms with E-state index in [1.165, 1.54) is 18.7 Å². The number of nitrogens with zero attached hydrogens (tertiary/aromatic N) is 1. The largest absolute Gasteiger partial charge is 0.467 e. The summed E-state index contributed by atoms with van der Waals surface area (Å²) in [7, 11) is 1.35. The molecule has 0 aromatic heterocycles. The Morgan fingerprint density at radius 1 is 1.29 bits per heavy atom. The number of aryl methyl sites for hydroxylation is 1. The van der Waals surface area contributed by atoms with Crippen molar-refractivity contribution >= 4 is 28.5 Å². The summed E-state index contributed by atoms with van der Waals surface area (Å²) in [5, 5.41) is 0.701. The van der Waals surface area contributed by atoms with E-state index in [2.05, 4.69) is 6.07 Å². The zero-order chi connectivity index (χ0) is 17.1. The number of fused-ring (bicyclic) bond motifs is 1. The third kappa shape index (κ3) is 3.24. The Morgan fingerprint density at radius 2 is 2.08 bits per heavy atom. The van der Waals surface area contributed by atoms with Crippen molar-refractivity contribution in [3.05, 3.63) is 53.1 Å². The SMILES string of the molecule is COC(=O)[C@@H]1CCCN1C(=O)/C=C/C1=C(Cl)c2ccccc2CC1. The molecule has 1 fully saturated rings. The summed E-state index contributed by atoms with van der Waals surface area (Å²) in [5.41, 5.74) is 3.22. The second-order valence-corrected chi connectivity index (χ2v) is 6.42. The molecule has 0 N–H and O–H groups in total. The lowest BCUT2D eigenvalue weighted by Crippen LogP contribution is -2.40. The quantitative estimate of drug-likeness (QED) is 0.623. The summed E-state index contributed by atoms with van der Waals surface area (Å²) in [5.74, 6) is -0.517. The van der Waals surface area contributed by atoms with Crippen molar-refractivity contribution in [2.75, 3.05) is 13.7 Å². The van der Waals surface area contributed by atoms with Crippen LogP contribution < -0.4 is 0 Å². The lowest BCUT2D eigenvalue weighted by molar-refractivity contribution is -0.149. The number of hydrogen-bond acceptors (Lipinski definition) is 3. The monoisotopic (exact) mass is 345 g/mol. The van der Waals surface area contributed by atoms with Crippen LogP contribution >= 0.6 is 11.6 Å². The molecule has 1 aliphatic heterocycles. The van der Waals surface area contributed by atoms with E-state index in [4.69, 9.17) is 16.3 Å². The van der Waals surface area contributed by atoms with Gasteiger partial charge in [0.25, 0.3) is 0 Å². The molecule has 1 saturated heterocycles. The first-order valence-corrected chi connectivity index (χ1v) is 8.53. The molecule has 0 saturated carbocycles. The molecule has 24 heavy (non-hydrogen) atoms. The molecule has 0 unspecified atom stereocenters. The number of esters is 1. The predicted molar refractivity (Wildman–Crippen MR) is 93.4 cm³/mol. The number of benzene rings is 1. The first kappa shape index (κ1) is 16.8. The standard InChI is InChI=1S/C19H20ClNO3/c1-24-19(23)16-7-4-12-21(16)17(22)11-10-14-9-8-13-5-2-3-6-15(13)18(14)20/h2-3,5-6,10-11,16H,4,7-9,12H2,1H3/b11-10+/t16-/m0/s1. The molecule has 1 amide bonds. The maximum atomic E-state index is 12.4. The van der Waals surface area contributed by atoms with Gasteiger partial charge in [0.2, 0.25) is 5.91 Å². The maximum Gasteiger partial charge on any atom is 0.328 e. The Bertz CT molecular complexity index is 723. The highest BCUT2D eigenvalue weighted by Crippen LogP contribution is 2.34. The third-order valence-corrected chi connectivity index (χ3v) is 5.08. The molecular weight excluding hydrogens is 326 g/mol. The van der Waals surface area contributed by atoms with Crippen LogP contribution in [0.4, 0.5) is 0 Å². The van der Waals surface area contributed by atoms with Crippen molar-refractivity contribution in [1.82, 2.24) is 4.90 Å². The van der Waals surface area contributed by atoms with Crippen molar-refractivity contribution in [2.45, 2.75) is 31.7 Å². The van der Waals surface area contributed by atoms with Gasteiger partial charge in [-0.3, -0.25) is 4.79 Å². The van der Waals surface area contributed by atoms with E-state index in [-0.39, 0.29) is 11.9 Å². The molecule has 1 aliphatic carbocycles. The molecule has 126 valence electrons. The number of rotatable bonds is 3. The second-order valence-electron chi connectivity index (χ2n) is 6.04. The van der Waals surface area contributed by atoms with Crippen molar-refractivity contribution in [3.8, 4) is 0 Å². The first-order chi connectivity index (χ1) is 11.6. The molecule has 1 aromatic rings.